The topological polar surface area (TPSA) is 42.7 Å². The highest BCUT2D eigenvalue weighted by atomic mass is 15.3. The fraction of sp³-hybridized carbons (Fsp3) is 0.294. The van der Waals surface area contributed by atoms with Crippen LogP contribution in [0.15, 0.2) is 42.7 Å². The number of hydrogen-bond acceptors (Lipinski definition) is 3. The van der Waals surface area contributed by atoms with Gasteiger partial charge in [-0.25, -0.2) is 4.98 Å². The van der Waals surface area contributed by atoms with E-state index in [-0.39, 0.29) is 0 Å². The molecule has 0 spiro atoms. The van der Waals surface area contributed by atoms with E-state index in [1.165, 1.54) is 10.9 Å². The van der Waals surface area contributed by atoms with Gasteiger partial charge in [-0.2, -0.15) is 5.10 Å². The molecule has 0 saturated carbocycles. The Bertz CT molecular complexity index is 753. The first-order chi connectivity index (χ1) is 10.1. The molecule has 0 bridgehead atoms. The van der Waals surface area contributed by atoms with E-state index in [4.69, 9.17) is 0 Å². The van der Waals surface area contributed by atoms with Crippen molar-refractivity contribution in [2.45, 2.75) is 33.4 Å². The summed E-state index contributed by atoms with van der Waals surface area (Å²) in [5.41, 5.74) is 2.27. The van der Waals surface area contributed by atoms with Crippen molar-refractivity contribution in [3.63, 3.8) is 0 Å². The van der Waals surface area contributed by atoms with Crippen molar-refractivity contribution >= 4 is 16.6 Å². The summed E-state index contributed by atoms with van der Waals surface area (Å²) < 4.78 is 2.00. The van der Waals surface area contributed by atoms with Gasteiger partial charge in [0, 0.05) is 35.9 Å². The summed E-state index contributed by atoms with van der Waals surface area (Å²) in [5.74, 6) is 0.921. The number of aryl methyl sites for hydroxylation is 1. The van der Waals surface area contributed by atoms with E-state index >= 15 is 0 Å². The van der Waals surface area contributed by atoms with Crippen molar-refractivity contribution in [2.75, 3.05) is 5.32 Å². The summed E-state index contributed by atoms with van der Waals surface area (Å²) >= 11 is 0. The minimum absolute atomic E-state index is 0.383. The van der Waals surface area contributed by atoms with Gasteiger partial charge >= 0.3 is 0 Å². The first-order valence-corrected chi connectivity index (χ1v) is 7.27. The fourth-order valence-electron chi connectivity index (χ4n) is 2.40. The van der Waals surface area contributed by atoms with Crippen LogP contribution in [-0.2, 0) is 6.54 Å². The molecule has 21 heavy (non-hydrogen) atoms. The molecule has 0 unspecified atom stereocenters. The Kier molecular flexibility index (Phi) is 3.60. The Morgan fingerprint density at radius 1 is 1.19 bits per heavy atom. The standard InChI is InChI=1S/C17H20N4/c1-12(2)21-11-15(13(3)20-21)10-19-17-16-7-5-4-6-14(16)8-9-18-17/h4-9,11-12H,10H2,1-3H3,(H,18,19). The van der Waals surface area contributed by atoms with Crippen LogP contribution in [0.25, 0.3) is 10.8 Å². The highest BCUT2D eigenvalue weighted by molar-refractivity contribution is 5.91. The number of nitrogens with zero attached hydrogens (tertiary/aromatic N) is 3. The molecule has 0 aliphatic rings. The van der Waals surface area contributed by atoms with E-state index in [0.717, 1.165) is 23.4 Å². The second kappa shape index (κ2) is 5.56. The number of nitrogens with one attached hydrogen (secondary N) is 1. The predicted molar refractivity (Wildman–Crippen MR) is 86.4 cm³/mol. The van der Waals surface area contributed by atoms with Gasteiger partial charge in [-0.05, 0) is 32.2 Å². The molecule has 3 aromatic rings. The average molecular weight is 280 g/mol. The number of hydrogen-bond donors (Lipinski definition) is 1. The van der Waals surface area contributed by atoms with Crippen LogP contribution in [-0.4, -0.2) is 14.8 Å². The summed E-state index contributed by atoms with van der Waals surface area (Å²) in [6, 6.07) is 10.7. The van der Waals surface area contributed by atoms with Gasteiger partial charge in [0.25, 0.3) is 0 Å². The van der Waals surface area contributed by atoms with Gasteiger partial charge in [0.15, 0.2) is 0 Å². The summed E-state index contributed by atoms with van der Waals surface area (Å²) in [7, 11) is 0. The molecule has 0 aliphatic carbocycles. The van der Waals surface area contributed by atoms with Crippen molar-refractivity contribution in [1.29, 1.82) is 0 Å². The van der Waals surface area contributed by atoms with Gasteiger partial charge in [0.05, 0.1) is 5.69 Å². The van der Waals surface area contributed by atoms with E-state index in [9.17, 15) is 0 Å². The fourth-order valence-corrected chi connectivity index (χ4v) is 2.40. The lowest BCUT2D eigenvalue weighted by atomic mass is 10.1. The van der Waals surface area contributed by atoms with Gasteiger partial charge in [0.1, 0.15) is 5.82 Å². The van der Waals surface area contributed by atoms with E-state index in [1.54, 1.807) is 0 Å². The lowest BCUT2D eigenvalue weighted by Crippen LogP contribution is -2.02. The van der Waals surface area contributed by atoms with E-state index in [2.05, 4.69) is 47.6 Å². The third-order valence-electron chi connectivity index (χ3n) is 3.67. The van der Waals surface area contributed by atoms with Crippen molar-refractivity contribution in [3.05, 3.63) is 54.0 Å². The summed E-state index contributed by atoms with van der Waals surface area (Å²) in [6.07, 6.45) is 3.95. The molecule has 0 saturated heterocycles. The van der Waals surface area contributed by atoms with Crippen molar-refractivity contribution in [2.24, 2.45) is 0 Å². The normalized spacial score (nSPS) is 11.2. The van der Waals surface area contributed by atoms with Gasteiger partial charge in [-0.15, -0.1) is 0 Å². The Labute approximate surface area is 124 Å². The average Bonchev–Trinajstić information content (AvgIpc) is 2.86. The SMILES string of the molecule is Cc1nn(C(C)C)cc1CNc1nccc2ccccc12. The van der Waals surface area contributed by atoms with E-state index in [1.807, 2.05) is 36.0 Å². The van der Waals surface area contributed by atoms with Crippen LogP contribution in [0.4, 0.5) is 5.82 Å². The number of benzene rings is 1. The minimum atomic E-state index is 0.383. The van der Waals surface area contributed by atoms with Crippen molar-refractivity contribution < 1.29 is 0 Å². The molecular formula is C17H20N4. The summed E-state index contributed by atoms with van der Waals surface area (Å²) in [4.78, 5) is 4.46. The Morgan fingerprint density at radius 3 is 2.76 bits per heavy atom. The Morgan fingerprint density at radius 2 is 2.00 bits per heavy atom. The molecule has 0 fully saturated rings. The molecular weight excluding hydrogens is 260 g/mol. The molecule has 0 aliphatic heterocycles. The first-order valence-electron chi connectivity index (χ1n) is 7.27. The second-order valence-corrected chi connectivity index (χ2v) is 5.55. The molecule has 1 N–H and O–H groups in total. The van der Waals surface area contributed by atoms with Crippen LogP contribution in [0, 0.1) is 6.92 Å². The van der Waals surface area contributed by atoms with Crippen LogP contribution in [0.1, 0.15) is 31.1 Å². The Balaban J connectivity index is 1.84. The highest BCUT2D eigenvalue weighted by Crippen LogP contribution is 2.21. The monoisotopic (exact) mass is 280 g/mol. The zero-order valence-electron chi connectivity index (χ0n) is 12.7. The molecule has 0 amide bonds. The van der Waals surface area contributed by atoms with Crippen LogP contribution >= 0.6 is 0 Å². The van der Waals surface area contributed by atoms with Crippen molar-refractivity contribution in [1.82, 2.24) is 14.8 Å². The largest absolute Gasteiger partial charge is 0.365 e. The lowest BCUT2D eigenvalue weighted by Gasteiger charge is -2.08. The van der Waals surface area contributed by atoms with Crippen LogP contribution in [0.3, 0.4) is 0 Å². The molecule has 1 aromatic carbocycles. The third kappa shape index (κ3) is 2.75. The van der Waals surface area contributed by atoms with E-state index < -0.39 is 0 Å². The maximum absolute atomic E-state index is 4.54. The predicted octanol–water partition coefficient (Wildman–Crippen LogP) is 3.93. The second-order valence-electron chi connectivity index (χ2n) is 5.55. The zero-order valence-corrected chi connectivity index (χ0v) is 12.7. The zero-order chi connectivity index (χ0) is 14.8. The lowest BCUT2D eigenvalue weighted by molar-refractivity contribution is 0.529. The Hall–Kier alpha value is -2.36. The molecule has 2 heterocycles. The van der Waals surface area contributed by atoms with Crippen LogP contribution < -0.4 is 5.32 Å². The van der Waals surface area contributed by atoms with Gasteiger partial charge < -0.3 is 5.32 Å². The number of pyridine rings is 1. The minimum Gasteiger partial charge on any atom is -0.365 e. The summed E-state index contributed by atoms with van der Waals surface area (Å²) in [5, 5.41) is 10.3. The van der Waals surface area contributed by atoms with Crippen molar-refractivity contribution in [3.8, 4) is 0 Å². The third-order valence-corrected chi connectivity index (χ3v) is 3.67. The van der Waals surface area contributed by atoms with E-state index in [0.29, 0.717) is 6.04 Å². The highest BCUT2D eigenvalue weighted by Gasteiger charge is 2.08. The molecule has 2 aromatic heterocycles. The molecule has 4 heteroatoms. The maximum atomic E-state index is 4.54. The number of aromatic nitrogens is 3. The molecule has 108 valence electrons. The van der Waals surface area contributed by atoms with Gasteiger partial charge in [-0.3, -0.25) is 4.68 Å². The van der Waals surface area contributed by atoms with Gasteiger partial charge in [-0.1, -0.05) is 24.3 Å². The van der Waals surface area contributed by atoms with Gasteiger partial charge in [0.2, 0.25) is 0 Å². The first kappa shape index (κ1) is 13.6. The molecule has 3 rings (SSSR count). The number of rotatable bonds is 4. The van der Waals surface area contributed by atoms with Crippen LogP contribution in [0.2, 0.25) is 0 Å². The maximum Gasteiger partial charge on any atom is 0.134 e. The molecule has 0 radical (unpaired) electrons. The van der Waals surface area contributed by atoms with Crippen LogP contribution in [0.5, 0.6) is 0 Å². The number of fused-ring (bicyclic) bond motifs is 1. The molecule has 0 atom stereocenters. The summed E-state index contributed by atoms with van der Waals surface area (Å²) in [6.45, 7) is 7.05. The quantitative estimate of drug-likeness (QED) is 0.787. The molecule has 4 nitrogen and oxygen atoms in total. The smallest absolute Gasteiger partial charge is 0.134 e. The number of anilines is 1.